The van der Waals surface area contributed by atoms with Crippen molar-refractivity contribution >= 4 is 0 Å². The first-order chi connectivity index (χ1) is 15.9. The fourth-order valence-corrected chi connectivity index (χ4v) is 5.50. The molecule has 0 spiro atoms. The van der Waals surface area contributed by atoms with Crippen LogP contribution in [0, 0.1) is 0 Å². The fourth-order valence-electron chi connectivity index (χ4n) is 5.50. The van der Waals surface area contributed by atoms with Crippen LogP contribution in [0.3, 0.4) is 0 Å². The van der Waals surface area contributed by atoms with Crippen LogP contribution in [0.1, 0.15) is 47.2 Å². The number of hydrogen-bond donors (Lipinski definition) is 2. The molecule has 2 heterocycles. The number of nitrogens with one attached hydrogen (secondary N) is 2. The van der Waals surface area contributed by atoms with Gasteiger partial charge in [0.2, 0.25) is 0 Å². The molecule has 2 atom stereocenters. The van der Waals surface area contributed by atoms with Gasteiger partial charge in [-0.15, -0.1) is 0 Å². The second-order valence-corrected chi connectivity index (χ2v) is 8.93. The summed E-state index contributed by atoms with van der Waals surface area (Å²) >= 11 is 0. The Hall–Kier alpha value is -3.20. The van der Waals surface area contributed by atoms with Crippen LogP contribution in [0.4, 0.5) is 0 Å². The molecular formula is C30H28N2. The van der Waals surface area contributed by atoms with E-state index in [9.17, 15) is 0 Å². The molecule has 0 radical (unpaired) electrons. The van der Waals surface area contributed by atoms with E-state index in [1.165, 1.54) is 44.5 Å². The van der Waals surface area contributed by atoms with E-state index in [1.54, 1.807) is 0 Å². The van der Waals surface area contributed by atoms with E-state index in [0.717, 1.165) is 25.9 Å². The summed E-state index contributed by atoms with van der Waals surface area (Å²) < 4.78 is 0. The summed E-state index contributed by atoms with van der Waals surface area (Å²) in [4.78, 5) is 0. The van der Waals surface area contributed by atoms with E-state index in [1.807, 2.05) is 0 Å². The van der Waals surface area contributed by atoms with Crippen molar-refractivity contribution in [3.63, 3.8) is 0 Å². The van der Waals surface area contributed by atoms with E-state index in [0.29, 0.717) is 12.1 Å². The minimum atomic E-state index is 0.346. The lowest BCUT2D eigenvalue weighted by Gasteiger charge is -2.24. The van der Waals surface area contributed by atoms with Crippen LogP contribution < -0.4 is 10.6 Å². The third kappa shape index (κ3) is 3.46. The van der Waals surface area contributed by atoms with Gasteiger partial charge in [0.25, 0.3) is 0 Å². The Balaban J connectivity index is 1.30. The van der Waals surface area contributed by atoms with Crippen molar-refractivity contribution in [1.82, 2.24) is 10.6 Å². The van der Waals surface area contributed by atoms with Gasteiger partial charge in [0.05, 0.1) is 0 Å². The topological polar surface area (TPSA) is 24.1 Å². The van der Waals surface area contributed by atoms with Gasteiger partial charge < -0.3 is 10.6 Å². The van der Waals surface area contributed by atoms with Crippen LogP contribution in [-0.4, -0.2) is 0 Å². The Kier molecular flexibility index (Phi) is 5.10. The highest BCUT2D eigenvalue weighted by atomic mass is 14.9. The molecule has 0 aliphatic carbocycles. The van der Waals surface area contributed by atoms with E-state index >= 15 is 0 Å². The molecule has 32 heavy (non-hydrogen) atoms. The average Bonchev–Trinajstić information content (AvgIpc) is 3.12. The molecule has 0 aromatic heterocycles. The van der Waals surface area contributed by atoms with Crippen LogP contribution >= 0.6 is 0 Å². The second kappa shape index (κ2) is 8.38. The lowest BCUT2D eigenvalue weighted by Crippen LogP contribution is -2.24. The van der Waals surface area contributed by atoms with E-state index in [4.69, 9.17) is 0 Å². The Morgan fingerprint density at radius 2 is 0.844 bits per heavy atom. The summed E-state index contributed by atoms with van der Waals surface area (Å²) in [5, 5.41) is 7.73. The average molecular weight is 417 g/mol. The monoisotopic (exact) mass is 416 g/mol. The van der Waals surface area contributed by atoms with Gasteiger partial charge in [-0.1, -0.05) is 97.1 Å². The molecule has 6 rings (SSSR count). The summed E-state index contributed by atoms with van der Waals surface area (Å²) in [6.07, 6.45) is 2.18. The molecule has 0 fully saturated rings. The SMILES string of the molecule is c1ccc2c(c1)CNC(CCC1NCc3ccccc3-c3ccccc31)c1ccccc1-2. The molecule has 2 aliphatic heterocycles. The molecule has 2 unspecified atom stereocenters. The van der Waals surface area contributed by atoms with Crippen LogP contribution in [-0.2, 0) is 13.1 Å². The van der Waals surface area contributed by atoms with Crippen molar-refractivity contribution in [3.8, 4) is 22.3 Å². The van der Waals surface area contributed by atoms with Crippen molar-refractivity contribution in [1.29, 1.82) is 0 Å². The fraction of sp³-hybridized carbons (Fsp3) is 0.200. The maximum absolute atomic E-state index is 3.86. The first-order valence-electron chi connectivity index (χ1n) is 11.7. The van der Waals surface area contributed by atoms with Gasteiger partial charge in [-0.3, -0.25) is 0 Å². The lowest BCUT2D eigenvalue weighted by molar-refractivity contribution is 0.422. The van der Waals surface area contributed by atoms with Gasteiger partial charge in [0.15, 0.2) is 0 Å². The molecule has 2 N–H and O–H groups in total. The Morgan fingerprint density at radius 1 is 0.469 bits per heavy atom. The first-order valence-corrected chi connectivity index (χ1v) is 11.7. The largest absolute Gasteiger partial charge is 0.306 e. The third-order valence-corrected chi connectivity index (χ3v) is 7.11. The zero-order chi connectivity index (χ0) is 21.3. The van der Waals surface area contributed by atoms with Gasteiger partial charge in [0.1, 0.15) is 0 Å². The second-order valence-electron chi connectivity index (χ2n) is 8.93. The van der Waals surface area contributed by atoms with E-state index in [2.05, 4.69) is 108 Å². The van der Waals surface area contributed by atoms with Crippen molar-refractivity contribution in [3.05, 3.63) is 119 Å². The molecule has 0 saturated heterocycles. The minimum Gasteiger partial charge on any atom is -0.306 e. The Labute approximate surface area is 190 Å². The van der Waals surface area contributed by atoms with E-state index < -0.39 is 0 Å². The van der Waals surface area contributed by atoms with Gasteiger partial charge in [-0.25, -0.2) is 0 Å². The molecule has 0 saturated carbocycles. The molecule has 0 bridgehead atoms. The zero-order valence-electron chi connectivity index (χ0n) is 18.2. The third-order valence-electron chi connectivity index (χ3n) is 7.11. The highest BCUT2D eigenvalue weighted by Crippen LogP contribution is 2.39. The molecule has 2 nitrogen and oxygen atoms in total. The maximum Gasteiger partial charge on any atom is 0.0330 e. The van der Waals surface area contributed by atoms with Crippen molar-refractivity contribution in [2.75, 3.05) is 0 Å². The number of fused-ring (bicyclic) bond motifs is 6. The summed E-state index contributed by atoms with van der Waals surface area (Å²) in [7, 11) is 0. The Bertz CT molecular complexity index is 1160. The lowest BCUT2D eigenvalue weighted by atomic mass is 9.89. The zero-order valence-corrected chi connectivity index (χ0v) is 18.2. The van der Waals surface area contributed by atoms with Crippen molar-refractivity contribution < 1.29 is 0 Å². The summed E-state index contributed by atoms with van der Waals surface area (Å²) in [6, 6.07) is 36.2. The van der Waals surface area contributed by atoms with Gasteiger partial charge >= 0.3 is 0 Å². The normalized spacial score (nSPS) is 19.0. The van der Waals surface area contributed by atoms with Gasteiger partial charge in [-0.05, 0) is 57.3 Å². The minimum absolute atomic E-state index is 0.346. The van der Waals surface area contributed by atoms with Crippen molar-refractivity contribution in [2.45, 2.75) is 38.0 Å². The number of benzene rings is 4. The van der Waals surface area contributed by atoms with Crippen LogP contribution in [0.2, 0.25) is 0 Å². The summed E-state index contributed by atoms with van der Waals surface area (Å²) in [6.45, 7) is 1.82. The number of rotatable bonds is 3. The highest BCUT2D eigenvalue weighted by Gasteiger charge is 2.25. The smallest absolute Gasteiger partial charge is 0.0330 e. The van der Waals surface area contributed by atoms with Gasteiger partial charge in [-0.2, -0.15) is 0 Å². The molecular weight excluding hydrogens is 388 g/mol. The maximum atomic E-state index is 3.86. The van der Waals surface area contributed by atoms with Crippen LogP contribution in [0.15, 0.2) is 97.1 Å². The molecule has 0 amide bonds. The molecule has 2 heteroatoms. The van der Waals surface area contributed by atoms with Crippen LogP contribution in [0.25, 0.3) is 22.3 Å². The predicted molar refractivity (Wildman–Crippen MR) is 132 cm³/mol. The summed E-state index contributed by atoms with van der Waals surface area (Å²) in [5.41, 5.74) is 11.1. The quantitative estimate of drug-likeness (QED) is 0.384. The van der Waals surface area contributed by atoms with Gasteiger partial charge in [0, 0.05) is 25.2 Å². The first kappa shape index (κ1) is 19.5. The van der Waals surface area contributed by atoms with Crippen LogP contribution in [0.5, 0.6) is 0 Å². The molecule has 158 valence electrons. The van der Waals surface area contributed by atoms with E-state index in [-0.39, 0.29) is 0 Å². The molecule has 4 aromatic carbocycles. The molecule has 4 aromatic rings. The standard InChI is InChI=1S/C30H28N2/c1-3-11-23-21(9-1)19-31-29(27-15-7-5-13-25(23)27)17-18-30-28-16-8-6-14-26(28)24-12-4-2-10-22(24)20-32-30/h1-16,29-32H,17-20H2. The molecule has 2 aliphatic rings. The highest BCUT2D eigenvalue weighted by molar-refractivity contribution is 5.73. The Morgan fingerprint density at radius 3 is 1.31 bits per heavy atom. The predicted octanol–water partition coefficient (Wildman–Crippen LogP) is 6.79. The number of hydrogen-bond acceptors (Lipinski definition) is 2. The summed E-state index contributed by atoms with van der Waals surface area (Å²) in [5.74, 6) is 0. The van der Waals surface area contributed by atoms with Crippen molar-refractivity contribution in [2.24, 2.45) is 0 Å².